The first kappa shape index (κ1) is 25.5. The van der Waals surface area contributed by atoms with Gasteiger partial charge < -0.3 is 20.8 Å². The molecule has 4 aromatic carbocycles. The van der Waals surface area contributed by atoms with E-state index in [1.807, 2.05) is 42.5 Å². The van der Waals surface area contributed by atoms with E-state index in [1.165, 1.54) is 23.9 Å². The van der Waals surface area contributed by atoms with Gasteiger partial charge in [-0.25, -0.2) is 9.59 Å². The van der Waals surface area contributed by atoms with Crippen molar-refractivity contribution in [3.63, 3.8) is 0 Å². The molecule has 4 aromatic rings. The Bertz CT molecular complexity index is 1530. The van der Waals surface area contributed by atoms with Gasteiger partial charge in [0.25, 0.3) is 5.91 Å². The zero-order chi connectivity index (χ0) is 26.5. The minimum absolute atomic E-state index is 0.168. The van der Waals surface area contributed by atoms with Crippen LogP contribution in [0.25, 0.3) is 10.8 Å². The molecule has 0 aromatic heterocycles. The van der Waals surface area contributed by atoms with Crippen molar-refractivity contribution in [3.05, 3.63) is 102 Å². The lowest BCUT2D eigenvalue weighted by Gasteiger charge is -2.14. The largest absolute Gasteiger partial charge is 0.478 e. The van der Waals surface area contributed by atoms with Gasteiger partial charge in [-0.1, -0.05) is 36.4 Å². The summed E-state index contributed by atoms with van der Waals surface area (Å²) in [5.74, 6) is -3.58. The number of aromatic carboxylic acids is 2. The van der Waals surface area contributed by atoms with Gasteiger partial charge in [-0.2, -0.15) is 0 Å². The molecule has 0 aliphatic rings. The number of hydrogen-bond acceptors (Lipinski definition) is 5. The van der Waals surface area contributed by atoms with Crippen molar-refractivity contribution in [3.8, 4) is 0 Å². The molecule has 0 radical (unpaired) electrons. The van der Waals surface area contributed by atoms with Crippen LogP contribution in [0.1, 0.15) is 38.0 Å². The van der Waals surface area contributed by atoms with E-state index >= 15 is 0 Å². The molecule has 1 unspecified atom stereocenters. The topological polar surface area (TPSA) is 133 Å². The zero-order valence-corrected chi connectivity index (χ0v) is 20.4. The summed E-state index contributed by atoms with van der Waals surface area (Å²) in [4.78, 5) is 49.0. The molecule has 2 amide bonds. The maximum atomic E-state index is 12.8. The van der Waals surface area contributed by atoms with Gasteiger partial charge in [-0.3, -0.25) is 9.59 Å². The van der Waals surface area contributed by atoms with Gasteiger partial charge in [0.2, 0.25) is 5.91 Å². The second-order valence-electron chi connectivity index (χ2n) is 8.16. The lowest BCUT2D eigenvalue weighted by atomic mass is 10.0. The molecule has 1 atom stereocenters. The van der Waals surface area contributed by atoms with E-state index in [0.29, 0.717) is 11.4 Å². The Morgan fingerprint density at radius 1 is 0.703 bits per heavy atom. The van der Waals surface area contributed by atoms with E-state index < -0.39 is 28.7 Å². The third-order valence-corrected chi connectivity index (χ3v) is 6.63. The van der Waals surface area contributed by atoms with Gasteiger partial charge in [0, 0.05) is 16.3 Å². The fourth-order valence-electron chi connectivity index (χ4n) is 3.67. The number of fused-ring (bicyclic) bond motifs is 1. The molecule has 0 bridgehead atoms. The van der Waals surface area contributed by atoms with E-state index in [9.17, 15) is 24.3 Å². The van der Waals surface area contributed by atoms with Crippen molar-refractivity contribution in [2.24, 2.45) is 0 Å². The van der Waals surface area contributed by atoms with Crippen molar-refractivity contribution in [2.75, 3.05) is 10.6 Å². The van der Waals surface area contributed by atoms with Crippen molar-refractivity contribution in [2.45, 2.75) is 17.1 Å². The smallest absolute Gasteiger partial charge is 0.336 e. The number of carbonyl (C=O) groups excluding carboxylic acids is 2. The van der Waals surface area contributed by atoms with E-state index in [0.717, 1.165) is 21.7 Å². The summed E-state index contributed by atoms with van der Waals surface area (Å²) >= 11 is 1.30. The van der Waals surface area contributed by atoms with Gasteiger partial charge in [-0.05, 0) is 66.2 Å². The summed E-state index contributed by atoms with van der Waals surface area (Å²) in [6, 6.07) is 23.7. The fourth-order valence-corrected chi connectivity index (χ4v) is 4.59. The fraction of sp³-hybridized carbons (Fsp3) is 0.0714. The van der Waals surface area contributed by atoms with Gasteiger partial charge >= 0.3 is 11.9 Å². The summed E-state index contributed by atoms with van der Waals surface area (Å²) in [6.45, 7) is 1.77. The number of benzene rings is 4. The number of anilines is 2. The third-order valence-electron chi connectivity index (χ3n) is 5.53. The molecule has 37 heavy (non-hydrogen) atoms. The second-order valence-corrected chi connectivity index (χ2v) is 9.58. The number of carbonyl (C=O) groups is 4. The molecule has 0 aliphatic heterocycles. The van der Waals surface area contributed by atoms with Crippen molar-refractivity contribution in [1.29, 1.82) is 0 Å². The predicted octanol–water partition coefficient (Wildman–Crippen LogP) is 5.61. The molecule has 0 aliphatic carbocycles. The van der Waals surface area contributed by atoms with Crippen LogP contribution in [0.15, 0.2) is 89.8 Å². The Hall–Kier alpha value is -4.63. The summed E-state index contributed by atoms with van der Waals surface area (Å²) in [5, 5.41) is 25.7. The van der Waals surface area contributed by atoms with E-state index in [-0.39, 0.29) is 17.0 Å². The first-order valence-corrected chi connectivity index (χ1v) is 12.1. The molecule has 0 heterocycles. The number of carboxylic acids is 2. The minimum Gasteiger partial charge on any atom is -0.478 e. The molecule has 186 valence electrons. The Morgan fingerprint density at radius 3 is 2.16 bits per heavy atom. The lowest BCUT2D eigenvalue weighted by molar-refractivity contribution is -0.115. The highest BCUT2D eigenvalue weighted by Crippen LogP contribution is 2.28. The molecule has 0 spiro atoms. The Kier molecular flexibility index (Phi) is 7.55. The SMILES string of the molecule is CC(Sc1cccc(NC(=O)c2ccc(C(=O)O)cc2C(=O)O)c1)C(=O)Nc1ccc2ccccc2c1. The van der Waals surface area contributed by atoms with Crippen LogP contribution >= 0.6 is 11.8 Å². The van der Waals surface area contributed by atoms with Crippen molar-refractivity contribution in [1.82, 2.24) is 0 Å². The Balaban J connectivity index is 1.43. The van der Waals surface area contributed by atoms with Crippen LogP contribution in [0.4, 0.5) is 11.4 Å². The average molecular weight is 515 g/mol. The minimum atomic E-state index is -1.41. The molecular formula is C28H22N2O6S. The molecule has 0 fully saturated rings. The van der Waals surface area contributed by atoms with Gasteiger partial charge in [0.15, 0.2) is 0 Å². The van der Waals surface area contributed by atoms with Crippen LogP contribution in [-0.2, 0) is 4.79 Å². The number of carboxylic acid groups (broad SMARTS) is 2. The first-order valence-electron chi connectivity index (χ1n) is 11.2. The standard InChI is InChI=1S/C28H22N2O6S/c1-16(25(31)29-21-11-9-17-5-2-3-6-18(17)13-21)37-22-8-4-7-20(15-22)30-26(32)23-12-10-19(27(33)34)14-24(23)28(35)36/h2-16H,1H3,(H,29,31)(H,30,32)(H,33,34)(H,35,36). The van der Waals surface area contributed by atoms with E-state index in [1.54, 1.807) is 31.2 Å². The van der Waals surface area contributed by atoms with Crippen LogP contribution < -0.4 is 10.6 Å². The van der Waals surface area contributed by atoms with Crippen LogP contribution in [0.5, 0.6) is 0 Å². The number of amides is 2. The van der Waals surface area contributed by atoms with Crippen molar-refractivity contribution >= 4 is 57.7 Å². The monoisotopic (exact) mass is 514 g/mol. The molecule has 9 heteroatoms. The van der Waals surface area contributed by atoms with Crippen LogP contribution in [0.2, 0.25) is 0 Å². The summed E-state index contributed by atoms with van der Waals surface area (Å²) in [5.41, 5.74) is 0.278. The molecule has 8 nitrogen and oxygen atoms in total. The van der Waals surface area contributed by atoms with Crippen molar-refractivity contribution < 1.29 is 29.4 Å². The number of nitrogens with one attached hydrogen (secondary N) is 2. The average Bonchev–Trinajstić information content (AvgIpc) is 2.88. The Labute approximate surface area is 216 Å². The molecule has 4 N–H and O–H groups in total. The highest BCUT2D eigenvalue weighted by atomic mass is 32.2. The van der Waals surface area contributed by atoms with Gasteiger partial charge in [0.05, 0.1) is 21.9 Å². The quantitative estimate of drug-likeness (QED) is 0.225. The van der Waals surface area contributed by atoms with E-state index in [4.69, 9.17) is 5.11 Å². The number of thioether (sulfide) groups is 1. The molecule has 4 rings (SSSR count). The molecule has 0 saturated carbocycles. The highest BCUT2D eigenvalue weighted by molar-refractivity contribution is 8.00. The first-order chi connectivity index (χ1) is 17.7. The third kappa shape index (κ3) is 6.14. The molecular weight excluding hydrogens is 492 g/mol. The Morgan fingerprint density at radius 2 is 1.43 bits per heavy atom. The summed E-state index contributed by atoms with van der Waals surface area (Å²) < 4.78 is 0. The summed E-state index contributed by atoms with van der Waals surface area (Å²) in [7, 11) is 0. The predicted molar refractivity (Wildman–Crippen MR) is 143 cm³/mol. The van der Waals surface area contributed by atoms with Crippen LogP contribution in [-0.4, -0.2) is 39.2 Å². The normalized spacial score (nSPS) is 11.5. The molecule has 0 saturated heterocycles. The number of hydrogen-bond donors (Lipinski definition) is 4. The second kappa shape index (κ2) is 11.0. The summed E-state index contributed by atoms with van der Waals surface area (Å²) in [6.07, 6.45) is 0. The van der Waals surface area contributed by atoms with E-state index in [2.05, 4.69) is 10.6 Å². The van der Waals surface area contributed by atoms with Crippen LogP contribution in [0, 0.1) is 0 Å². The van der Waals surface area contributed by atoms with Crippen LogP contribution in [0.3, 0.4) is 0 Å². The van der Waals surface area contributed by atoms with Gasteiger partial charge in [0.1, 0.15) is 0 Å². The zero-order valence-electron chi connectivity index (χ0n) is 19.6. The highest BCUT2D eigenvalue weighted by Gasteiger charge is 2.20. The maximum absolute atomic E-state index is 12.8. The lowest BCUT2D eigenvalue weighted by Crippen LogP contribution is -2.22. The number of rotatable bonds is 8. The maximum Gasteiger partial charge on any atom is 0.336 e. The van der Waals surface area contributed by atoms with Gasteiger partial charge in [-0.15, -0.1) is 11.8 Å².